The molecular weight excluding hydrogens is 332 g/mol. The van der Waals surface area contributed by atoms with Crippen molar-refractivity contribution in [3.8, 4) is 23.0 Å². The molecule has 0 bridgehead atoms. The van der Waals surface area contributed by atoms with E-state index < -0.39 is 0 Å². The van der Waals surface area contributed by atoms with E-state index in [0.717, 1.165) is 16.8 Å². The van der Waals surface area contributed by atoms with Crippen LogP contribution in [0.15, 0.2) is 59.3 Å². The highest BCUT2D eigenvalue weighted by molar-refractivity contribution is 5.79. The van der Waals surface area contributed by atoms with Gasteiger partial charge in [0.25, 0.3) is 0 Å². The van der Waals surface area contributed by atoms with Gasteiger partial charge in [0, 0.05) is 18.3 Å². The summed E-state index contributed by atoms with van der Waals surface area (Å²) in [6.07, 6.45) is 3.55. The summed E-state index contributed by atoms with van der Waals surface area (Å²) in [6.45, 7) is 0.371. The number of furan rings is 1. The maximum atomic E-state index is 12.3. The Morgan fingerprint density at radius 2 is 1.96 bits per heavy atom. The van der Waals surface area contributed by atoms with Crippen LogP contribution >= 0.6 is 0 Å². The molecule has 0 saturated carbocycles. The standard InChI is InChI=1S/C20H20N2O4/c1-24-16-8-7-14(11-18(16)25-2)12-19(23)22-13-15-5-3-9-21-20(15)17-6-4-10-26-17/h3-11H,12-13H2,1-2H3,(H,22,23). The second-order valence-electron chi connectivity index (χ2n) is 5.63. The molecule has 0 aliphatic carbocycles. The number of benzene rings is 1. The third-order valence-corrected chi connectivity index (χ3v) is 3.93. The van der Waals surface area contributed by atoms with Gasteiger partial charge < -0.3 is 19.2 Å². The van der Waals surface area contributed by atoms with Crippen LogP contribution < -0.4 is 14.8 Å². The molecule has 1 aromatic carbocycles. The first-order valence-electron chi connectivity index (χ1n) is 8.16. The first-order chi connectivity index (χ1) is 12.7. The minimum atomic E-state index is -0.0912. The van der Waals surface area contributed by atoms with Crippen LogP contribution in [-0.4, -0.2) is 25.1 Å². The largest absolute Gasteiger partial charge is 0.493 e. The summed E-state index contributed by atoms with van der Waals surface area (Å²) in [5.41, 5.74) is 2.46. The summed E-state index contributed by atoms with van der Waals surface area (Å²) < 4.78 is 15.9. The van der Waals surface area contributed by atoms with Crippen LogP contribution in [0.5, 0.6) is 11.5 Å². The normalized spacial score (nSPS) is 10.4. The first-order valence-corrected chi connectivity index (χ1v) is 8.16. The van der Waals surface area contributed by atoms with Crippen molar-refractivity contribution in [3.63, 3.8) is 0 Å². The highest BCUT2D eigenvalue weighted by Gasteiger charge is 2.11. The van der Waals surface area contributed by atoms with E-state index in [1.165, 1.54) is 0 Å². The lowest BCUT2D eigenvalue weighted by atomic mass is 10.1. The highest BCUT2D eigenvalue weighted by atomic mass is 16.5. The number of nitrogens with one attached hydrogen (secondary N) is 1. The molecule has 0 fully saturated rings. The molecule has 3 aromatic rings. The average molecular weight is 352 g/mol. The van der Waals surface area contributed by atoms with Gasteiger partial charge in [0.05, 0.1) is 26.9 Å². The smallest absolute Gasteiger partial charge is 0.224 e. The average Bonchev–Trinajstić information content (AvgIpc) is 3.21. The van der Waals surface area contributed by atoms with Gasteiger partial charge in [-0.2, -0.15) is 0 Å². The summed E-state index contributed by atoms with van der Waals surface area (Å²) in [6, 6.07) is 12.8. The number of aromatic nitrogens is 1. The Labute approximate surface area is 151 Å². The van der Waals surface area contributed by atoms with E-state index in [1.807, 2.05) is 30.3 Å². The number of nitrogens with zero attached hydrogens (tertiary/aromatic N) is 1. The van der Waals surface area contributed by atoms with E-state index in [-0.39, 0.29) is 12.3 Å². The van der Waals surface area contributed by atoms with Gasteiger partial charge in [-0.05, 0) is 35.9 Å². The lowest BCUT2D eigenvalue weighted by Gasteiger charge is -2.11. The van der Waals surface area contributed by atoms with E-state index in [0.29, 0.717) is 23.8 Å². The summed E-state index contributed by atoms with van der Waals surface area (Å²) in [5, 5.41) is 2.92. The Balaban J connectivity index is 1.65. The molecule has 2 heterocycles. The fourth-order valence-corrected chi connectivity index (χ4v) is 2.65. The van der Waals surface area contributed by atoms with Crippen LogP contribution in [0.1, 0.15) is 11.1 Å². The number of hydrogen-bond acceptors (Lipinski definition) is 5. The van der Waals surface area contributed by atoms with Crippen molar-refractivity contribution in [3.05, 3.63) is 66.1 Å². The Morgan fingerprint density at radius 1 is 1.12 bits per heavy atom. The van der Waals surface area contributed by atoms with Crippen molar-refractivity contribution in [1.29, 1.82) is 0 Å². The predicted molar refractivity (Wildman–Crippen MR) is 97.0 cm³/mol. The van der Waals surface area contributed by atoms with Crippen LogP contribution in [0.3, 0.4) is 0 Å². The zero-order valence-corrected chi connectivity index (χ0v) is 14.7. The number of amides is 1. The number of pyridine rings is 1. The molecule has 1 amide bonds. The molecule has 0 saturated heterocycles. The third kappa shape index (κ3) is 4.03. The Bertz CT molecular complexity index is 875. The number of carbonyl (C=O) groups excluding carboxylic acids is 1. The van der Waals surface area contributed by atoms with Crippen LogP contribution in [0, 0.1) is 0 Å². The Kier molecular flexibility index (Phi) is 5.53. The summed E-state index contributed by atoms with van der Waals surface area (Å²) in [7, 11) is 3.15. The number of methoxy groups -OCH3 is 2. The van der Waals surface area contributed by atoms with E-state index in [2.05, 4.69) is 10.3 Å². The van der Waals surface area contributed by atoms with Crippen molar-refractivity contribution < 1.29 is 18.7 Å². The Morgan fingerprint density at radius 3 is 2.69 bits per heavy atom. The monoisotopic (exact) mass is 352 g/mol. The van der Waals surface area contributed by atoms with E-state index in [4.69, 9.17) is 13.9 Å². The molecule has 0 atom stereocenters. The zero-order valence-electron chi connectivity index (χ0n) is 14.7. The molecule has 134 valence electrons. The molecule has 3 rings (SSSR count). The van der Waals surface area contributed by atoms with Crippen molar-refractivity contribution in [1.82, 2.24) is 10.3 Å². The van der Waals surface area contributed by atoms with E-state index in [1.54, 1.807) is 38.8 Å². The molecule has 0 aliphatic heterocycles. The van der Waals surface area contributed by atoms with Gasteiger partial charge in [-0.25, -0.2) is 0 Å². The van der Waals surface area contributed by atoms with Gasteiger partial charge in [-0.3, -0.25) is 9.78 Å². The Hall–Kier alpha value is -3.28. The minimum absolute atomic E-state index is 0.0912. The second kappa shape index (κ2) is 8.20. The van der Waals surface area contributed by atoms with Gasteiger partial charge in [0.1, 0.15) is 5.69 Å². The topological polar surface area (TPSA) is 73.6 Å². The molecular formula is C20H20N2O4. The van der Waals surface area contributed by atoms with Crippen molar-refractivity contribution >= 4 is 5.91 Å². The number of carbonyl (C=O) groups is 1. The lowest BCUT2D eigenvalue weighted by molar-refractivity contribution is -0.120. The predicted octanol–water partition coefficient (Wildman–Crippen LogP) is 3.22. The second-order valence-corrected chi connectivity index (χ2v) is 5.63. The van der Waals surface area contributed by atoms with Crippen molar-refractivity contribution in [2.75, 3.05) is 14.2 Å². The third-order valence-electron chi connectivity index (χ3n) is 3.93. The van der Waals surface area contributed by atoms with Gasteiger partial charge >= 0.3 is 0 Å². The lowest BCUT2D eigenvalue weighted by Crippen LogP contribution is -2.25. The molecule has 6 nitrogen and oxygen atoms in total. The fraction of sp³-hybridized carbons (Fsp3) is 0.200. The van der Waals surface area contributed by atoms with Gasteiger partial charge in [0.15, 0.2) is 17.3 Å². The highest BCUT2D eigenvalue weighted by Crippen LogP contribution is 2.27. The summed E-state index contributed by atoms with van der Waals surface area (Å²) in [4.78, 5) is 16.7. The molecule has 0 aliphatic rings. The minimum Gasteiger partial charge on any atom is -0.493 e. The molecule has 2 aromatic heterocycles. The first kappa shape index (κ1) is 17.5. The van der Waals surface area contributed by atoms with Crippen molar-refractivity contribution in [2.24, 2.45) is 0 Å². The molecule has 6 heteroatoms. The molecule has 1 N–H and O–H groups in total. The fourth-order valence-electron chi connectivity index (χ4n) is 2.65. The molecule has 0 unspecified atom stereocenters. The van der Waals surface area contributed by atoms with Crippen LogP contribution in [0.2, 0.25) is 0 Å². The van der Waals surface area contributed by atoms with Crippen LogP contribution in [-0.2, 0) is 17.8 Å². The van der Waals surface area contributed by atoms with Crippen LogP contribution in [0.4, 0.5) is 0 Å². The quantitative estimate of drug-likeness (QED) is 0.707. The number of ether oxygens (including phenoxy) is 2. The summed E-state index contributed by atoms with van der Waals surface area (Å²) >= 11 is 0. The maximum Gasteiger partial charge on any atom is 0.224 e. The molecule has 0 radical (unpaired) electrons. The van der Waals surface area contributed by atoms with Gasteiger partial charge in [-0.1, -0.05) is 12.1 Å². The van der Waals surface area contributed by atoms with E-state index in [9.17, 15) is 4.79 Å². The SMILES string of the molecule is COc1ccc(CC(=O)NCc2cccnc2-c2ccco2)cc1OC. The van der Waals surface area contributed by atoms with Crippen molar-refractivity contribution in [2.45, 2.75) is 13.0 Å². The zero-order chi connectivity index (χ0) is 18.4. The summed E-state index contributed by atoms with van der Waals surface area (Å²) in [5.74, 6) is 1.82. The van der Waals surface area contributed by atoms with Gasteiger partial charge in [0.2, 0.25) is 5.91 Å². The van der Waals surface area contributed by atoms with Crippen LogP contribution in [0.25, 0.3) is 11.5 Å². The number of rotatable bonds is 7. The molecule has 26 heavy (non-hydrogen) atoms. The molecule has 0 spiro atoms. The maximum absolute atomic E-state index is 12.3. The van der Waals surface area contributed by atoms with E-state index >= 15 is 0 Å². The van der Waals surface area contributed by atoms with Gasteiger partial charge in [-0.15, -0.1) is 0 Å². The number of hydrogen-bond donors (Lipinski definition) is 1.